The van der Waals surface area contributed by atoms with Crippen LogP contribution in [0.25, 0.3) is 10.4 Å². The first-order valence-electron chi connectivity index (χ1n) is 8.42. The van der Waals surface area contributed by atoms with Gasteiger partial charge in [0.05, 0.1) is 12.7 Å². The van der Waals surface area contributed by atoms with Gasteiger partial charge in [-0.25, -0.2) is 4.79 Å². The third kappa shape index (κ3) is 4.19. The van der Waals surface area contributed by atoms with Gasteiger partial charge in [-0.3, -0.25) is 0 Å². The average molecular weight is 375 g/mol. The first kappa shape index (κ1) is 17.9. The lowest BCUT2D eigenvalue weighted by atomic mass is 10.00. The average Bonchev–Trinajstić information content (AvgIpc) is 3.06. The zero-order chi connectivity index (χ0) is 17.8. The zero-order valence-corrected chi connectivity index (χ0v) is 16.1. The van der Waals surface area contributed by atoms with Crippen LogP contribution in [0, 0.1) is 5.92 Å². The number of benzene rings is 1. The molecular weight excluding hydrogens is 352 g/mol. The number of nitrogens with zero attached hydrogens (tertiary/aromatic N) is 1. The van der Waals surface area contributed by atoms with Crippen LogP contribution in [0.1, 0.15) is 30.1 Å². The number of hydrogen-bond donors (Lipinski definition) is 1. The number of thiophene rings is 1. The number of thiocarbonyl (C=S) groups is 1. The summed E-state index contributed by atoms with van der Waals surface area (Å²) >= 11 is 7.10. The van der Waals surface area contributed by atoms with Crippen molar-refractivity contribution in [3.63, 3.8) is 0 Å². The van der Waals surface area contributed by atoms with Crippen molar-refractivity contribution >= 4 is 39.6 Å². The largest absolute Gasteiger partial charge is 0.465 e. The van der Waals surface area contributed by atoms with E-state index in [1.165, 1.54) is 18.4 Å². The third-order valence-electron chi connectivity index (χ3n) is 4.49. The summed E-state index contributed by atoms with van der Waals surface area (Å²) in [6, 6.07) is 11.9. The smallest absolute Gasteiger partial charge is 0.340 e. The first-order chi connectivity index (χ1) is 12.1. The molecule has 25 heavy (non-hydrogen) atoms. The fourth-order valence-corrected chi connectivity index (χ4v) is 4.28. The molecule has 0 bridgehead atoms. The Morgan fingerprint density at radius 3 is 2.60 bits per heavy atom. The minimum absolute atomic E-state index is 0.351. The molecule has 0 saturated carbocycles. The molecule has 0 spiro atoms. The van der Waals surface area contributed by atoms with Crippen LogP contribution in [0.15, 0.2) is 36.4 Å². The van der Waals surface area contributed by atoms with Gasteiger partial charge in [0, 0.05) is 18.0 Å². The molecule has 1 aliphatic rings. The molecule has 1 fully saturated rings. The number of likely N-dealkylation sites (tertiary alicyclic amines) is 1. The minimum Gasteiger partial charge on any atom is -0.465 e. The van der Waals surface area contributed by atoms with Crippen molar-refractivity contribution < 1.29 is 9.53 Å². The molecule has 132 valence electrons. The predicted molar refractivity (Wildman–Crippen MR) is 107 cm³/mol. The van der Waals surface area contributed by atoms with E-state index in [9.17, 15) is 4.79 Å². The van der Waals surface area contributed by atoms with Crippen LogP contribution in [0.2, 0.25) is 0 Å². The summed E-state index contributed by atoms with van der Waals surface area (Å²) in [6.45, 7) is 4.18. The van der Waals surface area contributed by atoms with Gasteiger partial charge in [-0.05, 0) is 42.6 Å². The highest BCUT2D eigenvalue weighted by Crippen LogP contribution is 2.36. The Bertz CT molecular complexity index is 750. The van der Waals surface area contributed by atoms with E-state index in [1.807, 2.05) is 36.4 Å². The highest BCUT2D eigenvalue weighted by molar-refractivity contribution is 7.80. The molecule has 1 aliphatic heterocycles. The van der Waals surface area contributed by atoms with Gasteiger partial charge in [-0.1, -0.05) is 37.3 Å². The van der Waals surface area contributed by atoms with E-state index >= 15 is 0 Å². The van der Waals surface area contributed by atoms with Gasteiger partial charge in [0.1, 0.15) is 5.00 Å². The van der Waals surface area contributed by atoms with E-state index in [4.69, 9.17) is 17.0 Å². The minimum atomic E-state index is -0.351. The number of esters is 1. The number of piperidine rings is 1. The Morgan fingerprint density at radius 1 is 1.28 bits per heavy atom. The third-order valence-corrected chi connectivity index (χ3v) is 5.95. The summed E-state index contributed by atoms with van der Waals surface area (Å²) in [7, 11) is 1.40. The fraction of sp³-hybridized carbons (Fsp3) is 0.368. The molecule has 2 heterocycles. The molecule has 1 N–H and O–H groups in total. The second-order valence-electron chi connectivity index (χ2n) is 6.31. The first-order valence-corrected chi connectivity index (χ1v) is 9.64. The Balaban J connectivity index is 1.83. The van der Waals surface area contributed by atoms with E-state index in [1.54, 1.807) is 0 Å². The van der Waals surface area contributed by atoms with Crippen molar-refractivity contribution in [2.24, 2.45) is 5.92 Å². The number of hydrogen-bond acceptors (Lipinski definition) is 4. The van der Waals surface area contributed by atoms with Crippen LogP contribution in [-0.4, -0.2) is 36.2 Å². The van der Waals surface area contributed by atoms with Gasteiger partial charge in [0.2, 0.25) is 0 Å². The van der Waals surface area contributed by atoms with Crippen LogP contribution in [0.5, 0.6) is 0 Å². The van der Waals surface area contributed by atoms with Gasteiger partial charge in [-0.15, -0.1) is 11.3 Å². The number of anilines is 1. The Morgan fingerprint density at radius 2 is 1.96 bits per heavy atom. The Hall–Kier alpha value is -1.92. The molecule has 0 amide bonds. The fourth-order valence-electron chi connectivity index (χ4n) is 2.88. The summed E-state index contributed by atoms with van der Waals surface area (Å²) < 4.78 is 4.94. The van der Waals surface area contributed by atoms with E-state index < -0.39 is 0 Å². The van der Waals surface area contributed by atoms with Crippen molar-refractivity contribution in [1.82, 2.24) is 4.90 Å². The lowest BCUT2D eigenvalue weighted by molar-refractivity contribution is 0.0602. The Labute approximate surface area is 157 Å². The monoisotopic (exact) mass is 374 g/mol. The summed E-state index contributed by atoms with van der Waals surface area (Å²) in [5.41, 5.74) is 1.60. The molecule has 4 nitrogen and oxygen atoms in total. The van der Waals surface area contributed by atoms with E-state index in [0.717, 1.165) is 47.3 Å². The number of nitrogens with one attached hydrogen (secondary N) is 1. The summed E-state index contributed by atoms with van der Waals surface area (Å²) in [6.07, 6.45) is 2.29. The maximum absolute atomic E-state index is 12.2. The lowest BCUT2D eigenvalue weighted by Crippen LogP contribution is -2.40. The van der Waals surface area contributed by atoms with Crippen LogP contribution in [0.3, 0.4) is 0 Å². The number of methoxy groups -OCH3 is 1. The molecule has 0 unspecified atom stereocenters. The quantitative estimate of drug-likeness (QED) is 0.627. The van der Waals surface area contributed by atoms with Crippen molar-refractivity contribution in [3.05, 3.63) is 42.0 Å². The number of carbonyl (C=O) groups excluding carboxylic acids is 1. The van der Waals surface area contributed by atoms with Crippen molar-refractivity contribution in [2.45, 2.75) is 19.8 Å². The number of carbonyl (C=O) groups is 1. The zero-order valence-electron chi connectivity index (χ0n) is 14.5. The number of ether oxygens (including phenoxy) is 1. The van der Waals surface area contributed by atoms with Gasteiger partial charge >= 0.3 is 5.97 Å². The normalized spacial score (nSPS) is 15.0. The summed E-state index contributed by atoms with van der Waals surface area (Å²) in [4.78, 5) is 15.4. The van der Waals surface area contributed by atoms with Crippen molar-refractivity contribution in [1.29, 1.82) is 0 Å². The summed E-state index contributed by atoms with van der Waals surface area (Å²) in [5.74, 6) is 0.395. The molecule has 6 heteroatoms. The predicted octanol–water partition coefficient (Wildman–Crippen LogP) is 4.63. The molecular formula is C19H22N2O2S2. The SMILES string of the molecule is COC(=O)c1cc(-c2ccccc2)sc1NC(=S)N1CCC(C)CC1. The summed E-state index contributed by atoms with van der Waals surface area (Å²) in [5, 5.41) is 4.70. The van der Waals surface area contributed by atoms with Crippen molar-refractivity contribution in [2.75, 3.05) is 25.5 Å². The molecule has 0 radical (unpaired) electrons. The molecule has 1 aromatic carbocycles. The number of rotatable bonds is 3. The topological polar surface area (TPSA) is 41.6 Å². The Kier molecular flexibility index (Phi) is 5.71. The highest BCUT2D eigenvalue weighted by Gasteiger charge is 2.22. The maximum Gasteiger partial charge on any atom is 0.340 e. The molecule has 1 aromatic heterocycles. The van der Waals surface area contributed by atoms with Crippen LogP contribution in [0.4, 0.5) is 5.00 Å². The van der Waals surface area contributed by atoms with Gasteiger partial charge in [0.15, 0.2) is 5.11 Å². The van der Waals surface area contributed by atoms with E-state index in [-0.39, 0.29) is 5.97 Å². The molecule has 2 aromatic rings. The van der Waals surface area contributed by atoms with Gasteiger partial charge in [-0.2, -0.15) is 0 Å². The second kappa shape index (κ2) is 7.97. The lowest BCUT2D eigenvalue weighted by Gasteiger charge is -2.32. The maximum atomic E-state index is 12.2. The molecule has 3 rings (SSSR count). The van der Waals surface area contributed by atoms with Crippen LogP contribution >= 0.6 is 23.6 Å². The van der Waals surface area contributed by atoms with E-state index in [2.05, 4.69) is 17.1 Å². The standard InChI is InChI=1S/C19H22N2O2S2/c1-13-8-10-21(11-9-13)19(24)20-17-15(18(22)23-2)12-16(25-17)14-6-4-3-5-7-14/h3-7,12-13H,8-11H2,1-2H3,(H,20,24). The molecule has 1 saturated heterocycles. The second-order valence-corrected chi connectivity index (χ2v) is 7.75. The van der Waals surface area contributed by atoms with Crippen LogP contribution < -0.4 is 5.32 Å². The molecule has 0 aliphatic carbocycles. The molecule has 0 atom stereocenters. The van der Waals surface area contributed by atoms with Gasteiger partial charge < -0.3 is 15.0 Å². The van der Waals surface area contributed by atoms with Gasteiger partial charge in [0.25, 0.3) is 0 Å². The highest BCUT2D eigenvalue weighted by atomic mass is 32.1. The van der Waals surface area contributed by atoms with Crippen LogP contribution in [-0.2, 0) is 4.74 Å². The van der Waals surface area contributed by atoms with Crippen molar-refractivity contribution in [3.8, 4) is 10.4 Å². The van der Waals surface area contributed by atoms with E-state index in [0.29, 0.717) is 10.7 Å².